The number of nitrogen functional groups attached to an aromatic ring is 1. The monoisotopic (exact) mass is 628 g/mol. The van der Waals surface area contributed by atoms with E-state index in [9.17, 15) is 12.8 Å². The van der Waals surface area contributed by atoms with Gasteiger partial charge in [0, 0.05) is 41.0 Å². The minimum Gasteiger partial charge on any atom is -0.383 e. The normalized spacial score (nSPS) is 16.4. The zero-order chi connectivity index (χ0) is 30.9. The molecule has 2 atom stereocenters. The second-order valence-corrected chi connectivity index (χ2v) is 13.3. The molecule has 1 aliphatic carbocycles. The molecule has 2 unspecified atom stereocenters. The molecule has 0 saturated heterocycles. The van der Waals surface area contributed by atoms with Gasteiger partial charge in [0.25, 0.3) is 0 Å². The quantitative estimate of drug-likeness (QED) is 0.176. The number of benzene rings is 2. The zero-order valence-electron chi connectivity index (χ0n) is 24.2. The summed E-state index contributed by atoms with van der Waals surface area (Å²) in [4.78, 5) is 4.48. The van der Waals surface area contributed by atoms with Crippen molar-refractivity contribution in [2.75, 3.05) is 17.0 Å². The first-order valence-corrected chi connectivity index (χ1v) is 16.2. The van der Waals surface area contributed by atoms with E-state index in [1.54, 1.807) is 43.5 Å². The highest BCUT2D eigenvalue weighted by Crippen LogP contribution is 2.39. The maximum Gasteiger partial charge on any atom is 0.237 e. The molecule has 4 N–H and O–H groups in total. The third-order valence-corrected chi connectivity index (χ3v) is 9.09. The second kappa shape index (κ2) is 12.6. The van der Waals surface area contributed by atoms with Gasteiger partial charge in [-0.1, -0.05) is 41.9 Å². The lowest BCUT2D eigenvalue weighted by Crippen LogP contribution is -2.34. The van der Waals surface area contributed by atoms with E-state index < -0.39 is 27.8 Å². The van der Waals surface area contributed by atoms with Crippen molar-refractivity contribution < 1.29 is 17.2 Å². The fraction of sp³-hybridized carbons (Fsp3) is 0.355. The van der Waals surface area contributed by atoms with Crippen LogP contribution in [0.1, 0.15) is 57.2 Å². The Morgan fingerprint density at radius 2 is 1.95 bits per heavy atom. The van der Waals surface area contributed by atoms with Crippen molar-refractivity contribution in [3.05, 3.63) is 76.7 Å². The highest BCUT2D eigenvalue weighted by atomic mass is 35.5. The number of nitrogens with one attached hydrogen (secondary N) is 2. The predicted molar refractivity (Wildman–Crippen MR) is 170 cm³/mol. The Balaban J connectivity index is 1.48. The topological polar surface area (TPSA) is 115 Å². The molecule has 0 saturated carbocycles. The fourth-order valence-corrected chi connectivity index (χ4v) is 6.88. The van der Waals surface area contributed by atoms with Gasteiger partial charge in [-0.2, -0.15) is 5.10 Å². The van der Waals surface area contributed by atoms with Crippen molar-refractivity contribution in [2.24, 2.45) is 0 Å². The summed E-state index contributed by atoms with van der Waals surface area (Å²) in [6, 6.07) is 11.0. The molecule has 43 heavy (non-hydrogen) atoms. The largest absolute Gasteiger partial charge is 0.383 e. The van der Waals surface area contributed by atoms with Gasteiger partial charge < -0.3 is 11.1 Å². The number of hydrogen-bond donors (Lipinski definition) is 3. The van der Waals surface area contributed by atoms with E-state index in [-0.39, 0.29) is 23.6 Å². The lowest BCUT2D eigenvalue weighted by molar-refractivity contribution is 0.323. The first kappa shape index (κ1) is 30.9. The number of nitrogens with two attached hydrogens (primary N) is 1. The average molecular weight is 629 g/mol. The molecule has 4 aromatic rings. The summed E-state index contributed by atoms with van der Waals surface area (Å²) in [7, 11) is -3.94. The van der Waals surface area contributed by atoms with Crippen molar-refractivity contribution in [3.8, 4) is 11.3 Å². The summed E-state index contributed by atoms with van der Waals surface area (Å²) in [6.45, 7) is 5.87. The molecular formula is C31H35ClF2N6O2S. The van der Waals surface area contributed by atoms with Crippen LogP contribution in [0.2, 0.25) is 5.02 Å². The van der Waals surface area contributed by atoms with E-state index in [2.05, 4.69) is 21.1 Å². The number of anilines is 2. The molecule has 1 aliphatic rings. The van der Waals surface area contributed by atoms with Crippen LogP contribution in [0.25, 0.3) is 27.7 Å². The summed E-state index contributed by atoms with van der Waals surface area (Å²) >= 11 is 6.12. The van der Waals surface area contributed by atoms with Gasteiger partial charge in [0.05, 0.1) is 22.3 Å². The van der Waals surface area contributed by atoms with E-state index in [4.69, 9.17) is 22.4 Å². The number of halogens is 3. The molecule has 5 rings (SSSR count). The first-order valence-electron chi connectivity index (χ1n) is 14.2. The van der Waals surface area contributed by atoms with Crippen LogP contribution >= 0.6 is 11.6 Å². The van der Waals surface area contributed by atoms with Crippen molar-refractivity contribution >= 4 is 49.6 Å². The molecule has 228 valence electrons. The minimum absolute atomic E-state index is 0.0396. The van der Waals surface area contributed by atoms with E-state index in [1.165, 1.54) is 12.1 Å². The molecule has 8 nitrogen and oxygen atoms in total. The summed E-state index contributed by atoms with van der Waals surface area (Å²) < 4.78 is 58.5. The van der Waals surface area contributed by atoms with Crippen molar-refractivity contribution in [1.29, 1.82) is 0 Å². The van der Waals surface area contributed by atoms with Crippen LogP contribution in [0.4, 0.5) is 20.3 Å². The van der Waals surface area contributed by atoms with Gasteiger partial charge in [-0.05, 0) is 69.4 Å². The number of sulfonamides is 1. The van der Waals surface area contributed by atoms with Gasteiger partial charge in [0.1, 0.15) is 23.5 Å². The van der Waals surface area contributed by atoms with Crippen LogP contribution in [-0.2, 0) is 15.8 Å². The molecular weight excluding hydrogens is 594 g/mol. The van der Waals surface area contributed by atoms with E-state index >= 15 is 4.39 Å². The summed E-state index contributed by atoms with van der Waals surface area (Å²) in [5, 5.41) is 9.04. The summed E-state index contributed by atoms with van der Waals surface area (Å²) in [5.74, 6) is -0.894. The smallest absolute Gasteiger partial charge is 0.237 e. The Bertz CT molecular complexity index is 1790. The third-order valence-electron chi connectivity index (χ3n) is 7.50. The highest BCUT2D eigenvalue weighted by molar-refractivity contribution is 7.91. The number of allylic oxidation sites excluding steroid dienone is 1. The maximum atomic E-state index is 15.4. The molecule has 2 heterocycles. The molecule has 0 bridgehead atoms. The molecule has 0 aliphatic heterocycles. The minimum atomic E-state index is -3.94. The van der Waals surface area contributed by atoms with Crippen LogP contribution in [0.3, 0.4) is 0 Å². The zero-order valence-corrected chi connectivity index (χ0v) is 25.8. The van der Waals surface area contributed by atoms with Crippen LogP contribution in [0, 0.1) is 5.82 Å². The standard InChI is InChI=1S/C31H35ClF2N6O2S/c1-18(2)40-30-24(20-8-11-23(12-9-20)36-15-19(3)33)16-37-31(35)28(30)29(38-40)21-10-13-27(26(34)14-21)39-43(41,42)17-22-6-4-5-7-25(22)32/h4-8,10,13-14,16,18-19,23,36,39H,9,11-12,15,17H2,1-3H3,(H2,35,37). The van der Waals surface area contributed by atoms with Gasteiger partial charge in [-0.25, -0.2) is 22.2 Å². The SMILES string of the molecule is CC(F)CNC1CC=C(c2cnc(N)c3c(-c4ccc(NS(=O)(=O)Cc5ccccc5Cl)c(F)c4)nn(C(C)C)c23)CC1. The Kier molecular flexibility index (Phi) is 9.05. The lowest BCUT2D eigenvalue weighted by Gasteiger charge is -2.24. The molecule has 0 amide bonds. The number of hydrogen-bond acceptors (Lipinski definition) is 6. The Morgan fingerprint density at radius 1 is 1.19 bits per heavy atom. The highest BCUT2D eigenvalue weighted by Gasteiger charge is 2.25. The number of nitrogens with zero attached hydrogens (tertiary/aromatic N) is 3. The van der Waals surface area contributed by atoms with Gasteiger partial charge in [0.2, 0.25) is 10.0 Å². The van der Waals surface area contributed by atoms with Gasteiger partial charge in [-0.3, -0.25) is 9.40 Å². The van der Waals surface area contributed by atoms with Crippen LogP contribution < -0.4 is 15.8 Å². The first-order chi connectivity index (χ1) is 20.4. The average Bonchev–Trinajstić information content (AvgIpc) is 3.37. The molecule has 2 aromatic heterocycles. The van der Waals surface area contributed by atoms with E-state index in [1.807, 2.05) is 18.5 Å². The Hall–Kier alpha value is -3.54. The molecule has 0 spiro atoms. The Morgan fingerprint density at radius 3 is 2.60 bits per heavy atom. The Labute approximate surface area is 255 Å². The molecule has 0 radical (unpaired) electrons. The molecule has 12 heteroatoms. The third kappa shape index (κ3) is 6.84. The van der Waals surface area contributed by atoms with Crippen LogP contribution in [0.5, 0.6) is 0 Å². The lowest BCUT2D eigenvalue weighted by atomic mass is 9.90. The van der Waals surface area contributed by atoms with E-state index in [0.29, 0.717) is 33.8 Å². The van der Waals surface area contributed by atoms with Gasteiger partial charge in [0.15, 0.2) is 0 Å². The van der Waals surface area contributed by atoms with Gasteiger partial charge >= 0.3 is 0 Å². The number of pyridine rings is 1. The van der Waals surface area contributed by atoms with Gasteiger partial charge in [-0.15, -0.1) is 0 Å². The summed E-state index contributed by atoms with van der Waals surface area (Å²) in [5.41, 5.74) is 10.3. The van der Waals surface area contributed by atoms with Crippen LogP contribution in [0.15, 0.2) is 54.7 Å². The second-order valence-electron chi connectivity index (χ2n) is 11.2. The number of aromatic nitrogens is 3. The van der Waals surface area contributed by atoms with E-state index in [0.717, 1.165) is 35.9 Å². The number of rotatable bonds is 10. The van der Waals surface area contributed by atoms with Crippen molar-refractivity contribution in [3.63, 3.8) is 0 Å². The number of alkyl halides is 1. The van der Waals surface area contributed by atoms with Crippen LogP contribution in [-0.4, -0.2) is 41.9 Å². The van der Waals surface area contributed by atoms with Crippen molar-refractivity contribution in [2.45, 2.75) is 64.0 Å². The molecule has 0 fully saturated rings. The van der Waals surface area contributed by atoms with Crippen molar-refractivity contribution in [1.82, 2.24) is 20.1 Å². The predicted octanol–water partition coefficient (Wildman–Crippen LogP) is 6.88. The molecule has 2 aromatic carbocycles. The maximum absolute atomic E-state index is 15.4. The fourth-order valence-electron chi connectivity index (χ4n) is 5.37. The summed E-state index contributed by atoms with van der Waals surface area (Å²) in [6.07, 6.45) is 5.38. The number of fused-ring (bicyclic) bond motifs is 1.